The topological polar surface area (TPSA) is 70.6 Å². The number of amides is 1. The Morgan fingerprint density at radius 1 is 0.919 bits per heavy atom. The molecule has 0 radical (unpaired) electrons. The third kappa shape index (κ3) is 9.34. The summed E-state index contributed by atoms with van der Waals surface area (Å²) in [5.41, 5.74) is 8.91. The molecule has 0 saturated heterocycles. The summed E-state index contributed by atoms with van der Waals surface area (Å²) in [4.78, 5) is 27.6. The van der Waals surface area contributed by atoms with E-state index < -0.39 is 0 Å². The SMILES string of the molecule is CCCC(CC)C(=O)Nc1ccc(C)c(N=C(C)c2ccc(NC)cc2)c1.Cc1cc(C)cc(C=O)c1. The molecule has 5 heteroatoms. The van der Waals surface area contributed by atoms with Crippen LogP contribution in [0, 0.1) is 26.7 Å². The van der Waals surface area contributed by atoms with E-state index in [9.17, 15) is 9.59 Å². The molecule has 0 bridgehead atoms. The Morgan fingerprint density at radius 2 is 1.54 bits per heavy atom. The third-order valence-corrected chi connectivity index (χ3v) is 6.24. The predicted octanol–water partition coefficient (Wildman–Crippen LogP) is 8.06. The summed E-state index contributed by atoms with van der Waals surface area (Å²) in [5.74, 6) is 0.160. The Morgan fingerprint density at radius 3 is 2.08 bits per heavy atom. The molecule has 0 aromatic heterocycles. The van der Waals surface area contributed by atoms with E-state index in [1.54, 1.807) is 0 Å². The Bertz CT molecular complexity index is 1190. The number of nitrogens with zero attached hydrogens (tertiary/aromatic N) is 1. The van der Waals surface area contributed by atoms with Crippen LogP contribution in [0.3, 0.4) is 0 Å². The molecule has 0 spiro atoms. The van der Waals surface area contributed by atoms with Crippen molar-refractivity contribution < 1.29 is 9.59 Å². The standard InChI is InChI=1S/C23H31N3O.C9H10O/c1-6-8-18(7-2)23(27)26-21-12-9-16(3)22(15-21)25-17(4)19-10-13-20(24-5)14-11-19;1-7-3-8(2)5-9(4-7)6-10/h9-15,18,24H,6-8H2,1-5H3,(H,26,27);3-6H,1-2H3. The van der Waals surface area contributed by atoms with Gasteiger partial charge in [0, 0.05) is 35.6 Å². The van der Waals surface area contributed by atoms with E-state index in [0.29, 0.717) is 0 Å². The van der Waals surface area contributed by atoms with Crippen LogP contribution in [0.25, 0.3) is 0 Å². The second-order valence-electron chi connectivity index (χ2n) is 9.45. The highest BCUT2D eigenvalue weighted by Gasteiger charge is 2.15. The first-order valence-electron chi connectivity index (χ1n) is 13.0. The smallest absolute Gasteiger partial charge is 0.227 e. The van der Waals surface area contributed by atoms with Gasteiger partial charge in [0.1, 0.15) is 6.29 Å². The molecule has 0 aliphatic carbocycles. The Kier molecular flexibility index (Phi) is 11.8. The number of anilines is 2. The normalized spacial score (nSPS) is 11.7. The number of benzene rings is 3. The first-order chi connectivity index (χ1) is 17.7. The summed E-state index contributed by atoms with van der Waals surface area (Å²) in [7, 11) is 1.91. The van der Waals surface area contributed by atoms with Gasteiger partial charge >= 0.3 is 0 Å². The van der Waals surface area contributed by atoms with Crippen molar-refractivity contribution in [2.45, 2.75) is 60.8 Å². The molecular formula is C32H41N3O2. The van der Waals surface area contributed by atoms with Crippen molar-refractivity contribution in [2.24, 2.45) is 10.9 Å². The molecule has 37 heavy (non-hydrogen) atoms. The number of carbonyl (C=O) groups is 2. The van der Waals surface area contributed by atoms with E-state index in [1.807, 2.05) is 83.3 Å². The van der Waals surface area contributed by atoms with E-state index in [1.165, 1.54) is 0 Å². The van der Waals surface area contributed by atoms with Crippen molar-refractivity contribution in [3.8, 4) is 0 Å². The van der Waals surface area contributed by atoms with E-state index in [0.717, 1.165) is 76.1 Å². The number of carbonyl (C=O) groups excluding carboxylic acids is 2. The van der Waals surface area contributed by atoms with Crippen LogP contribution in [-0.4, -0.2) is 25.0 Å². The van der Waals surface area contributed by atoms with Crippen LogP contribution >= 0.6 is 0 Å². The minimum Gasteiger partial charge on any atom is -0.388 e. The number of hydrogen-bond donors (Lipinski definition) is 2. The van der Waals surface area contributed by atoms with E-state index in [2.05, 4.69) is 36.6 Å². The lowest BCUT2D eigenvalue weighted by atomic mass is 10.00. The van der Waals surface area contributed by atoms with Crippen molar-refractivity contribution in [3.63, 3.8) is 0 Å². The first kappa shape index (κ1) is 29.5. The van der Waals surface area contributed by atoms with E-state index in [4.69, 9.17) is 4.99 Å². The number of nitrogens with one attached hydrogen (secondary N) is 2. The number of aldehydes is 1. The summed E-state index contributed by atoms with van der Waals surface area (Å²) < 4.78 is 0. The molecule has 1 amide bonds. The highest BCUT2D eigenvalue weighted by atomic mass is 16.1. The molecule has 1 unspecified atom stereocenters. The van der Waals surface area contributed by atoms with Crippen molar-refractivity contribution in [1.29, 1.82) is 0 Å². The van der Waals surface area contributed by atoms with Crippen LogP contribution < -0.4 is 10.6 Å². The molecule has 3 aromatic rings. The first-order valence-corrected chi connectivity index (χ1v) is 13.0. The molecule has 1 atom stereocenters. The summed E-state index contributed by atoms with van der Waals surface area (Å²) in [6.07, 6.45) is 3.67. The van der Waals surface area contributed by atoms with Gasteiger partial charge in [-0.05, 0) is 88.1 Å². The molecule has 0 heterocycles. The van der Waals surface area contributed by atoms with Gasteiger partial charge in [-0.3, -0.25) is 14.6 Å². The molecule has 3 rings (SSSR count). The largest absolute Gasteiger partial charge is 0.388 e. The van der Waals surface area contributed by atoms with E-state index in [-0.39, 0.29) is 11.8 Å². The van der Waals surface area contributed by atoms with Gasteiger partial charge in [0.2, 0.25) is 5.91 Å². The van der Waals surface area contributed by atoms with Gasteiger partial charge in [0.05, 0.1) is 5.69 Å². The lowest BCUT2D eigenvalue weighted by Crippen LogP contribution is -2.22. The Hall–Kier alpha value is -3.73. The number of aryl methyl sites for hydroxylation is 3. The van der Waals surface area contributed by atoms with Crippen LogP contribution in [0.1, 0.15) is 72.6 Å². The highest BCUT2D eigenvalue weighted by molar-refractivity contribution is 6.01. The maximum atomic E-state index is 12.5. The highest BCUT2D eigenvalue weighted by Crippen LogP contribution is 2.25. The second-order valence-corrected chi connectivity index (χ2v) is 9.45. The average molecular weight is 500 g/mol. The molecule has 0 aliphatic rings. The van der Waals surface area contributed by atoms with Crippen LogP contribution in [-0.2, 0) is 4.79 Å². The average Bonchev–Trinajstić information content (AvgIpc) is 2.88. The van der Waals surface area contributed by atoms with Crippen molar-refractivity contribution in [2.75, 3.05) is 17.7 Å². The van der Waals surface area contributed by atoms with E-state index >= 15 is 0 Å². The minimum absolute atomic E-state index is 0.0654. The summed E-state index contributed by atoms with van der Waals surface area (Å²) in [6.45, 7) is 12.2. The third-order valence-electron chi connectivity index (χ3n) is 6.24. The lowest BCUT2D eigenvalue weighted by molar-refractivity contribution is -0.120. The van der Waals surface area contributed by atoms with Gasteiger partial charge in [-0.2, -0.15) is 0 Å². The van der Waals surface area contributed by atoms with Gasteiger partial charge in [-0.25, -0.2) is 0 Å². The number of rotatable bonds is 9. The zero-order valence-electron chi connectivity index (χ0n) is 23.3. The molecule has 5 nitrogen and oxygen atoms in total. The van der Waals surface area contributed by atoms with Crippen LogP contribution in [0.2, 0.25) is 0 Å². The summed E-state index contributed by atoms with van der Waals surface area (Å²) in [5, 5.41) is 6.18. The fourth-order valence-corrected chi connectivity index (χ4v) is 4.12. The number of aliphatic imine (C=N–C) groups is 1. The molecule has 196 valence electrons. The van der Waals surface area contributed by atoms with Crippen LogP contribution in [0.5, 0.6) is 0 Å². The quantitative estimate of drug-likeness (QED) is 0.231. The van der Waals surface area contributed by atoms with Gasteiger partial charge < -0.3 is 10.6 Å². The van der Waals surface area contributed by atoms with Gasteiger partial charge in [-0.1, -0.05) is 55.7 Å². The van der Waals surface area contributed by atoms with Crippen molar-refractivity contribution in [1.82, 2.24) is 0 Å². The molecule has 0 fully saturated rings. The number of hydrogen-bond acceptors (Lipinski definition) is 4. The Balaban J connectivity index is 0.000000402. The van der Waals surface area contributed by atoms with Gasteiger partial charge in [-0.15, -0.1) is 0 Å². The van der Waals surface area contributed by atoms with Gasteiger partial charge in [0.15, 0.2) is 0 Å². The fraction of sp³-hybridized carbons (Fsp3) is 0.344. The summed E-state index contributed by atoms with van der Waals surface area (Å²) in [6, 6.07) is 19.9. The van der Waals surface area contributed by atoms with Crippen LogP contribution in [0.15, 0.2) is 65.7 Å². The molecule has 0 saturated carbocycles. The maximum Gasteiger partial charge on any atom is 0.227 e. The molecule has 2 N–H and O–H groups in total. The zero-order valence-corrected chi connectivity index (χ0v) is 23.3. The van der Waals surface area contributed by atoms with Crippen molar-refractivity contribution in [3.05, 3.63) is 88.5 Å². The molecular weight excluding hydrogens is 458 g/mol. The van der Waals surface area contributed by atoms with Crippen molar-refractivity contribution >= 4 is 35.0 Å². The van der Waals surface area contributed by atoms with Crippen LogP contribution in [0.4, 0.5) is 17.1 Å². The fourth-order valence-electron chi connectivity index (χ4n) is 4.12. The second kappa shape index (κ2) is 14.7. The van der Waals surface area contributed by atoms with Gasteiger partial charge in [0.25, 0.3) is 0 Å². The zero-order chi connectivity index (χ0) is 27.4. The molecule has 0 aliphatic heterocycles. The lowest BCUT2D eigenvalue weighted by Gasteiger charge is -2.15. The molecule has 3 aromatic carbocycles. The Labute approximate surface area is 222 Å². The minimum atomic E-state index is 0.0654. The maximum absolute atomic E-state index is 12.5. The summed E-state index contributed by atoms with van der Waals surface area (Å²) >= 11 is 0. The monoisotopic (exact) mass is 499 g/mol. The predicted molar refractivity (Wildman–Crippen MR) is 158 cm³/mol.